The molecule has 1 rings (SSSR count). The fourth-order valence-corrected chi connectivity index (χ4v) is 2.02. The van der Waals surface area contributed by atoms with Crippen molar-refractivity contribution in [3.8, 4) is 0 Å². The molecule has 0 saturated heterocycles. The summed E-state index contributed by atoms with van der Waals surface area (Å²) in [6.07, 6.45) is 2.79. The molecule has 2 N–H and O–H groups in total. The molecule has 5 heteroatoms. The summed E-state index contributed by atoms with van der Waals surface area (Å²) < 4.78 is 10.9. The number of ether oxygens (including phenoxy) is 2. The maximum absolute atomic E-state index is 6.00. The van der Waals surface area contributed by atoms with Crippen molar-refractivity contribution in [2.75, 3.05) is 44.4 Å². The summed E-state index contributed by atoms with van der Waals surface area (Å²) in [5.74, 6) is 0. The molecule has 0 aromatic carbocycles. The number of pyridine rings is 1. The van der Waals surface area contributed by atoms with E-state index in [4.69, 9.17) is 15.2 Å². The first-order valence-electron chi connectivity index (χ1n) is 7.84. The molecule has 0 spiro atoms. The van der Waals surface area contributed by atoms with Crippen LogP contribution in [0.15, 0.2) is 18.3 Å². The van der Waals surface area contributed by atoms with E-state index in [0.29, 0.717) is 13.2 Å². The first-order valence-corrected chi connectivity index (χ1v) is 7.84. The van der Waals surface area contributed by atoms with Crippen LogP contribution in [0.1, 0.15) is 38.9 Å². The lowest BCUT2D eigenvalue weighted by atomic mass is 10.1. The van der Waals surface area contributed by atoms with Crippen molar-refractivity contribution in [3.63, 3.8) is 0 Å². The number of nitrogens with two attached hydrogens (primary N) is 1. The van der Waals surface area contributed by atoms with Gasteiger partial charge in [0.1, 0.15) is 0 Å². The molecule has 5 nitrogen and oxygen atoms in total. The predicted octanol–water partition coefficient (Wildman–Crippen LogP) is 2.37. The number of hydrogen-bond donors (Lipinski definition) is 1. The van der Waals surface area contributed by atoms with E-state index in [9.17, 15) is 0 Å². The molecule has 21 heavy (non-hydrogen) atoms. The number of nitrogens with zero attached hydrogens (tertiary/aromatic N) is 2. The zero-order chi connectivity index (χ0) is 15.5. The monoisotopic (exact) mass is 295 g/mol. The Hall–Kier alpha value is -1.17. The first kappa shape index (κ1) is 17.9. The SMILES string of the molecule is CCOCCN(CCOCC)c1ccc([C@H](N)CC)nc1. The van der Waals surface area contributed by atoms with Gasteiger partial charge in [0.15, 0.2) is 0 Å². The summed E-state index contributed by atoms with van der Waals surface area (Å²) >= 11 is 0. The maximum atomic E-state index is 6.00. The third-order valence-corrected chi connectivity index (χ3v) is 3.37. The van der Waals surface area contributed by atoms with Gasteiger partial charge in [-0.25, -0.2) is 0 Å². The van der Waals surface area contributed by atoms with Crippen molar-refractivity contribution in [3.05, 3.63) is 24.0 Å². The lowest BCUT2D eigenvalue weighted by molar-refractivity contribution is 0.141. The molecule has 0 aliphatic rings. The van der Waals surface area contributed by atoms with Gasteiger partial charge in [0, 0.05) is 32.3 Å². The standard InChI is InChI=1S/C16H29N3O2/c1-4-15(17)16-8-7-14(13-18-16)19(9-11-20-5-2)10-12-21-6-3/h7-8,13,15H,4-6,9-12,17H2,1-3H3/t15-/m1/s1. The van der Waals surface area contributed by atoms with E-state index in [1.807, 2.05) is 26.1 Å². The van der Waals surface area contributed by atoms with E-state index >= 15 is 0 Å². The van der Waals surface area contributed by atoms with Crippen LogP contribution in [0.25, 0.3) is 0 Å². The van der Waals surface area contributed by atoms with Gasteiger partial charge in [-0.3, -0.25) is 4.98 Å². The van der Waals surface area contributed by atoms with Gasteiger partial charge in [0.2, 0.25) is 0 Å². The molecule has 0 unspecified atom stereocenters. The Morgan fingerprint density at radius 1 is 1.10 bits per heavy atom. The van der Waals surface area contributed by atoms with Gasteiger partial charge in [0.05, 0.1) is 30.8 Å². The van der Waals surface area contributed by atoms with Crippen molar-refractivity contribution in [1.29, 1.82) is 0 Å². The topological polar surface area (TPSA) is 60.6 Å². The summed E-state index contributed by atoms with van der Waals surface area (Å²) in [6, 6.07) is 4.10. The average molecular weight is 295 g/mol. The lowest BCUT2D eigenvalue weighted by Gasteiger charge is -2.24. The summed E-state index contributed by atoms with van der Waals surface area (Å²) in [7, 11) is 0. The molecule has 1 aromatic rings. The molecular weight excluding hydrogens is 266 g/mol. The molecule has 0 radical (unpaired) electrons. The Balaban J connectivity index is 2.66. The largest absolute Gasteiger partial charge is 0.380 e. The molecule has 0 aliphatic heterocycles. The van der Waals surface area contributed by atoms with Crippen molar-refractivity contribution in [1.82, 2.24) is 4.98 Å². The minimum Gasteiger partial charge on any atom is -0.380 e. The van der Waals surface area contributed by atoms with Crippen LogP contribution >= 0.6 is 0 Å². The summed E-state index contributed by atoms with van der Waals surface area (Å²) in [6.45, 7) is 10.6. The molecular formula is C16H29N3O2. The molecule has 1 aromatic heterocycles. The molecule has 0 bridgehead atoms. The smallest absolute Gasteiger partial charge is 0.0641 e. The van der Waals surface area contributed by atoms with Crippen LogP contribution in [0.2, 0.25) is 0 Å². The fourth-order valence-electron chi connectivity index (χ4n) is 2.02. The van der Waals surface area contributed by atoms with Crippen molar-refractivity contribution in [2.24, 2.45) is 5.73 Å². The van der Waals surface area contributed by atoms with E-state index in [-0.39, 0.29) is 6.04 Å². The molecule has 0 fully saturated rings. The Morgan fingerprint density at radius 3 is 2.14 bits per heavy atom. The van der Waals surface area contributed by atoms with Crippen molar-refractivity contribution < 1.29 is 9.47 Å². The molecule has 1 atom stereocenters. The molecule has 0 aliphatic carbocycles. The maximum Gasteiger partial charge on any atom is 0.0641 e. The fraction of sp³-hybridized carbons (Fsp3) is 0.688. The van der Waals surface area contributed by atoms with Crippen LogP contribution in [0.3, 0.4) is 0 Å². The Morgan fingerprint density at radius 2 is 1.71 bits per heavy atom. The molecule has 0 amide bonds. The third-order valence-electron chi connectivity index (χ3n) is 3.37. The van der Waals surface area contributed by atoms with Crippen LogP contribution in [0.4, 0.5) is 5.69 Å². The molecule has 0 saturated carbocycles. The second-order valence-electron chi connectivity index (χ2n) is 4.84. The van der Waals surface area contributed by atoms with E-state index in [1.54, 1.807) is 0 Å². The van der Waals surface area contributed by atoms with Crippen LogP contribution < -0.4 is 10.6 Å². The second-order valence-corrected chi connectivity index (χ2v) is 4.84. The second kappa shape index (κ2) is 10.5. The zero-order valence-corrected chi connectivity index (χ0v) is 13.5. The Kier molecular flexibility index (Phi) is 8.98. The van der Waals surface area contributed by atoms with Crippen molar-refractivity contribution in [2.45, 2.75) is 33.2 Å². The minimum atomic E-state index is 0.0133. The van der Waals surface area contributed by atoms with Gasteiger partial charge in [0.25, 0.3) is 0 Å². The van der Waals surface area contributed by atoms with Crippen LogP contribution in [-0.4, -0.2) is 44.5 Å². The predicted molar refractivity (Wildman–Crippen MR) is 86.7 cm³/mol. The van der Waals surface area contributed by atoms with Gasteiger partial charge >= 0.3 is 0 Å². The van der Waals surface area contributed by atoms with Crippen molar-refractivity contribution >= 4 is 5.69 Å². The highest BCUT2D eigenvalue weighted by Crippen LogP contribution is 2.17. The number of aromatic nitrogens is 1. The van der Waals surface area contributed by atoms with E-state index in [1.165, 1.54) is 0 Å². The van der Waals surface area contributed by atoms with Gasteiger partial charge in [-0.2, -0.15) is 0 Å². The van der Waals surface area contributed by atoms with E-state index < -0.39 is 0 Å². The van der Waals surface area contributed by atoms with Crippen LogP contribution in [-0.2, 0) is 9.47 Å². The van der Waals surface area contributed by atoms with Gasteiger partial charge in [-0.05, 0) is 32.4 Å². The zero-order valence-electron chi connectivity index (χ0n) is 13.5. The Bertz CT molecular complexity index is 360. The highest BCUT2D eigenvalue weighted by atomic mass is 16.5. The van der Waals surface area contributed by atoms with Gasteiger partial charge < -0.3 is 20.1 Å². The first-order chi connectivity index (χ1) is 10.2. The molecule has 120 valence electrons. The normalized spacial score (nSPS) is 12.4. The highest BCUT2D eigenvalue weighted by Gasteiger charge is 2.09. The van der Waals surface area contributed by atoms with E-state index in [0.717, 1.165) is 44.1 Å². The number of anilines is 1. The van der Waals surface area contributed by atoms with Crippen LogP contribution in [0.5, 0.6) is 0 Å². The summed E-state index contributed by atoms with van der Waals surface area (Å²) in [5.41, 5.74) is 8.03. The number of hydrogen-bond acceptors (Lipinski definition) is 5. The quantitative estimate of drug-likeness (QED) is 0.635. The summed E-state index contributed by atoms with van der Waals surface area (Å²) in [4.78, 5) is 6.71. The number of rotatable bonds is 11. The van der Waals surface area contributed by atoms with E-state index in [2.05, 4.69) is 22.9 Å². The van der Waals surface area contributed by atoms with Crippen LogP contribution in [0, 0.1) is 0 Å². The summed E-state index contributed by atoms with van der Waals surface area (Å²) in [5, 5.41) is 0. The highest BCUT2D eigenvalue weighted by molar-refractivity contribution is 5.44. The third kappa shape index (κ3) is 6.42. The molecule has 1 heterocycles. The average Bonchev–Trinajstić information content (AvgIpc) is 2.53. The Labute approximate surface area is 128 Å². The van der Waals surface area contributed by atoms with Gasteiger partial charge in [-0.15, -0.1) is 0 Å². The lowest BCUT2D eigenvalue weighted by Crippen LogP contribution is -2.31. The van der Waals surface area contributed by atoms with Gasteiger partial charge in [-0.1, -0.05) is 6.92 Å². The minimum absolute atomic E-state index is 0.0133.